The molecule has 2 N–H and O–H groups in total. The van der Waals surface area contributed by atoms with E-state index in [4.69, 9.17) is 10.5 Å². The van der Waals surface area contributed by atoms with Gasteiger partial charge in [0.1, 0.15) is 5.75 Å². The van der Waals surface area contributed by atoms with Gasteiger partial charge in [0.2, 0.25) is 0 Å². The van der Waals surface area contributed by atoms with Crippen molar-refractivity contribution in [2.75, 3.05) is 26.2 Å². The van der Waals surface area contributed by atoms with E-state index < -0.39 is 0 Å². The summed E-state index contributed by atoms with van der Waals surface area (Å²) in [6.07, 6.45) is 4.39. The van der Waals surface area contributed by atoms with Crippen molar-refractivity contribution in [1.82, 2.24) is 9.80 Å². The van der Waals surface area contributed by atoms with Crippen LogP contribution in [0.5, 0.6) is 5.75 Å². The number of nitrogens with zero attached hydrogens (tertiary/aromatic N) is 2. The molecule has 1 aromatic carbocycles. The number of likely N-dealkylation sites (tertiary alicyclic amines) is 1. The normalized spacial score (nSPS) is 29.4. The van der Waals surface area contributed by atoms with Gasteiger partial charge in [0.25, 0.3) is 0 Å². The third kappa shape index (κ3) is 2.65. The van der Waals surface area contributed by atoms with E-state index in [1.165, 1.54) is 17.5 Å². The van der Waals surface area contributed by atoms with Crippen LogP contribution in [0.2, 0.25) is 0 Å². The number of piperidine rings is 2. The molecule has 2 fully saturated rings. The molecule has 0 radical (unpaired) electrons. The van der Waals surface area contributed by atoms with E-state index in [0.29, 0.717) is 24.6 Å². The fourth-order valence-electron chi connectivity index (χ4n) is 4.96. The van der Waals surface area contributed by atoms with Crippen LogP contribution in [0.1, 0.15) is 43.4 Å². The SMILES string of the molecule is CCOc1ccc2c(c1)CCN1CC3CCCN(C(N)=O)C3CC21. The Morgan fingerprint density at radius 3 is 3.04 bits per heavy atom. The number of urea groups is 1. The number of ether oxygens (including phenoxy) is 1. The molecule has 0 bridgehead atoms. The number of hydrogen-bond acceptors (Lipinski definition) is 3. The van der Waals surface area contributed by atoms with Gasteiger partial charge in [-0.25, -0.2) is 4.79 Å². The Balaban J connectivity index is 1.61. The highest BCUT2D eigenvalue weighted by Gasteiger charge is 2.43. The summed E-state index contributed by atoms with van der Waals surface area (Å²) in [5, 5.41) is 0. The molecule has 3 unspecified atom stereocenters. The molecule has 0 aromatic heterocycles. The lowest BCUT2D eigenvalue weighted by atomic mass is 9.76. The molecule has 3 atom stereocenters. The first kappa shape index (κ1) is 15.8. The second-order valence-corrected chi connectivity index (χ2v) is 7.29. The summed E-state index contributed by atoms with van der Waals surface area (Å²) in [6, 6.07) is 6.98. The van der Waals surface area contributed by atoms with E-state index >= 15 is 0 Å². The predicted molar refractivity (Wildman–Crippen MR) is 93.0 cm³/mol. The molecule has 3 aliphatic heterocycles. The van der Waals surface area contributed by atoms with Crippen molar-refractivity contribution in [2.45, 2.75) is 44.7 Å². The second kappa shape index (κ2) is 6.28. The van der Waals surface area contributed by atoms with Crippen LogP contribution in [-0.4, -0.2) is 48.1 Å². The first-order valence-electron chi connectivity index (χ1n) is 9.23. The lowest BCUT2D eigenvalue weighted by Gasteiger charge is -2.52. The monoisotopic (exact) mass is 329 g/mol. The second-order valence-electron chi connectivity index (χ2n) is 7.29. The van der Waals surface area contributed by atoms with Gasteiger partial charge in [-0.15, -0.1) is 0 Å². The first-order valence-corrected chi connectivity index (χ1v) is 9.23. The fraction of sp³-hybridized carbons (Fsp3) is 0.632. The quantitative estimate of drug-likeness (QED) is 0.907. The van der Waals surface area contributed by atoms with Gasteiger partial charge in [-0.05, 0) is 61.8 Å². The van der Waals surface area contributed by atoms with Crippen LogP contribution in [0.15, 0.2) is 18.2 Å². The molecular weight excluding hydrogens is 302 g/mol. The molecule has 0 aliphatic carbocycles. The number of benzene rings is 1. The van der Waals surface area contributed by atoms with Crippen LogP contribution >= 0.6 is 0 Å². The van der Waals surface area contributed by atoms with Crippen LogP contribution in [0, 0.1) is 5.92 Å². The molecule has 0 spiro atoms. The summed E-state index contributed by atoms with van der Waals surface area (Å²) < 4.78 is 5.66. The average Bonchev–Trinajstić information content (AvgIpc) is 2.59. The van der Waals surface area contributed by atoms with Gasteiger partial charge in [0, 0.05) is 31.7 Å². The third-order valence-corrected chi connectivity index (χ3v) is 6.03. The van der Waals surface area contributed by atoms with E-state index in [1.807, 2.05) is 11.8 Å². The van der Waals surface area contributed by atoms with Crippen molar-refractivity contribution in [2.24, 2.45) is 11.7 Å². The molecule has 24 heavy (non-hydrogen) atoms. The minimum absolute atomic E-state index is 0.249. The lowest BCUT2D eigenvalue weighted by Crippen LogP contribution is -2.58. The zero-order valence-corrected chi connectivity index (χ0v) is 14.4. The third-order valence-electron chi connectivity index (χ3n) is 6.03. The number of primary amides is 1. The van der Waals surface area contributed by atoms with Crippen molar-refractivity contribution >= 4 is 6.03 Å². The first-order chi connectivity index (χ1) is 11.7. The zero-order valence-electron chi connectivity index (χ0n) is 14.4. The molecule has 5 heteroatoms. The summed E-state index contributed by atoms with van der Waals surface area (Å²) >= 11 is 0. The smallest absolute Gasteiger partial charge is 0.315 e. The maximum atomic E-state index is 11.8. The standard InChI is InChI=1S/C19H27N3O2/c1-2-24-15-5-6-16-13(10-15)7-9-21-12-14-4-3-8-22(19(20)23)17(14)11-18(16)21/h5-6,10,14,17-18H,2-4,7-9,11-12H2,1H3,(H2,20,23). The molecule has 130 valence electrons. The number of hydrogen-bond donors (Lipinski definition) is 1. The summed E-state index contributed by atoms with van der Waals surface area (Å²) in [5.41, 5.74) is 8.47. The van der Waals surface area contributed by atoms with Crippen molar-refractivity contribution in [3.63, 3.8) is 0 Å². The summed E-state index contributed by atoms with van der Waals surface area (Å²) in [5.74, 6) is 1.54. The Morgan fingerprint density at radius 1 is 1.38 bits per heavy atom. The highest BCUT2D eigenvalue weighted by molar-refractivity contribution is 5.72. The van der Waals surface area contributed by atoms with Crippen LogP contribution in [-0.2, 0) is 6.42 Å². The topological polar surface area (TPSA) is 58.8 Å². The number of carbonyl (C=O) groups excluding carboxylic acids is 1. The van der Waals surface area contributed by atoms with Gasteiger partial charge in [0.05, 0.1) is 6.61 Å². The Morgan fingerprint density at radius 2 is 2.25 bits per heavy atom. The molecule has 5 nitrogen and oxygen atoms in total. The Hall–Kier alpha value is -1.75. The summed E-state index contributed by atoms with van der Waals surface area (Å²) in [7, 11) is 0. The van der Waals surface area contributed by atoms with Crippen molar-refractivity contribution in [3.8, 4) is 5.75 Å². The van der Waals surface area contributed by atoms with E-state index in [-0.39, 0.29) is 6.03 Å². The summed E-state index contributed by atoms with van der Waals surface area (Å²) in [6.45, 7) is 5.73. The Kier molecular flexibility index (Phi) is 4.12. The van der Waals surface area contributed by atoms with Crippen LogP contribution in [0.4, 0.5) is 4.79 Å². The molecular formula is C19H27N3O2. The largest absolute Gasteiger partial charge is 0.494 e. The van der Waals surface area contributed by atoms with E-state index in [0.717, 1.165) is 44.6 Å². The molecule has 0 saturated carbocycles. The number of rotatable bonds is 2. The zero-order chi connectivity index (χ0) is 16.7. The van der Waals surface area contributed by atoms with Crippen LogP contribution in [0.3, 0.4) is 0 Å². The maximum Gasteiger partial charge on any atom is 0.315 e. The number of carbonyl (C=O) groups is 1. The molecule has 3 aliphatic rings. The van der Waals surface area contributed by atoms with Gasteiger partial charge >= 0.3 is 6.03 Å². The van der Waals surface area contributed by atoms with Gasteiger partial charge in [-0.1, -0.05) is 6.07 Å². The number of nitrogens with two attached hydrogens (primary N) is 1. The maximum absolute atomic E-state index is 11.8. The van der Waals surface area contributed by atoms with Crippen molar-refractivity contribution in [3.05, 3.63) is 29.3 Å². The highest BCUT2D eigenvalue weighted by Crippen LogP contribution is 2.43. The van der Waals surface area contributed by atoms with Crippen molar-refractivity contribution in [1.29, 1.82) is 0 Å². The molecule has 2 amide bonds. The van der Waals surface area contributed by atoms with Gasteiger partial charge < -0.3 is 15.4 Å². The predicted octanol–water partition coefficient (Wildman–Crippen LogP) is 2.55. The number of fused-ring (bicyclic) bond motifs is 4. The molecule has 2 saturated heterocycles. The van der Waals surface area contributed by atoms with E-state index in [1.54, 1.807) is 0 Å². The minimum atomic E-state index is -0.249. The average molecular weight is 329 g/mol. The van der Waals surface area contributed by atoms with Crippen LogP contribution < -0.4 is 10.5 Å². The Labute approximate surface area is 143 Å². The van der Waals surface area contributed by atoms with Gasteiger partial charge in [-0.2, -0.15) is 0 Å². The Bertz CT molecular complexity index is 633. The minimum Gasteiger partial charge on any atom is -0.494 e. The molecule has 4 rings (SSSR count). The van der Waals surface area contributed by atoms with E-state index in [2.05, 4.69) is 23.1 Å². The van der Waals surface area contributed by atoms with Gasteiger partial charge in [0.15, 0.2) is 0 Å². The molecule has 1 aromatic rings. The fourth-order valence-corrected chi connectivity index (χ4v) is 4.96. The van der Waals surface area contributed by atoms with Crippen molar-refractivity contribution < 1.29 is 9.53 Å². The highest BCUT2D eigenvalue weighted by atomic mass is 16.5. The van der Waals surface area contributed by atoms with E-state index in [9.17, 15) is 4.79 Å². The van der Waals surface area contributed by atoms with Crippen LogP contribution in [0.25, 0.3) is 0 Å². The number of amides is 2. The van der Waals surface area contributed by atoms with Gasteiger partial charge in [-0.3, -0.25) is 4.90 Å². The summed E-state index contributed by atoms with van der Waals surface area (Å²) in [4.78, 5) is 16.4. The molecule has 3 heterocycles. The lowest BCUT2D eigenvalue weighted by molar-refractivity contribution is 0.00739.